The molecule has 0 aliphatic rings. The van der Waals surface area contributed by atoms with Crippen molar-refractivity contribution in [2.24, 2.45) is 0 Å². The fourth-order valence-corrected chi connectivity index (χ4v) is 3.38. The molecule has 0 amide bonds. The predicted molar refractivity (Wildman–Crippen MR) is 80.3 cm³/mol. The highest BCUT2D eigenvalue weighted by Crippen LogP contribution is 2.20. The summed E-state index contributed by atoms with van der Waals surface area (Å²) >= 11 is 0. The van der Waals surface area contributed by atoms with Crippen LogP contribution in [0.2, 0.25) is 0 Å². The zero-order valence-electron chi connectivity index (χ0n) is 12.0. The molecular weight excluding hydrogens is 262 g/mol. The average Bonchev–Trinajstić information content (AvgIpc) is 2.24. The van der Waals surface area contributed by atoms with E-state index < -0.39 is 15.7 Å². The van der Waals surface area contributed by atoms with E-state index in [0.717, 1.165) is 6.42 Å². The molecule has 6 heteroatoms. The summed E-state index contributed by atoms with van der Waals surface area (Å²) in [5, 5.41) is 0. The Balaban J connectivity index is 3.10. The normalized spacial score (nSPS) is 12.4. The van der Waals surface area contributed by atoms with Gasteiger partial charge >= 0.3 is 10.2 Å². The minimum Gasteiger partial charge on any atom is -0.399 e. The molecule has 0 unspecified atom stereocenters. The van der Waals surface area contributed by atoms with Crippen LogP contribution in [0.25, 0.3) is 0 Å². The zero-order valence-corrected chi connectivity index (χ0v) is 12.8. The number of hydrogen-bond donors (Lipinski definition) is 2. The van der Waals surface area contributed by atoms with Gasteiger partial charge in [0.05, 0.1) is 5.69 Å². The summed E-state index contributed by atoms with van der Waals surface area (Å²) in [6.45, 7) is 7.82. The standard InChI is InChI=1S/C13H23N3O2S/c1-5-10-16(12-8-6-11(14)7-9-12)19(17,18)15-13(2,3)4/h6-9,15H,5,10,14H2,1-4H3. The van der Waals surface area contributed by atoms with Gasteiger partial charge in [-0.25, -0.2) is 0 Å². The Hall–Kier alpha value is -1.27. The summed E-state index contributed by atoms with van der Waals surface area (Å²) in [7, 11) is -3.57. The number of benzene rings is 1. The Labute approximate surface area is 116 Å². The van der Waals surface area contributed by atoms with Crippen molar-refractivity contribution in [3.05, 3.63) is 24.3 Å². The van der Waals surface area contributed by atoms with Crippen LogP contribution in [-0.4, -0.2) is 20.5 Å². The van der Waals surface area contributed by atoms with Crippen molar-refractivity contribution in [2.75, 3.05) is 16.6 Å². The van der Waals surface area contributed by atoms with Gasteiger partial charge in [-0.15, -0.1) is 0 Å². The first kappa shape index (κ1) is 15.8. The molecule has 108 valence electrons. The van der Waals surface area contributed by atoms with Crippen LogP contribution in [0.15, 0.2) is 24.3 Å². The van der Waals surface area contributed by atoms with E-state index in [4.69, 9.17) is 5.73 Å². The molecule has 0 heterocycles. The number of rotatable bonds is 5. The smallest absolute Gasteiger partial charge is 0.302 e. The molecule has 0 atom stereocenters. The summed E-state index contributed by atoms with van der Waals surface area (Å²) in [4.78, 5) is 0. The van der Waals surface area contributed by atoms with Crippen LogP contribution in [0.4, 0.5) is 11.4 Å². The SMILES string of the molecule is CCCN(c1ccc(N)cc1)S(=O)(=O)NC(C)(C)C. The van der Waals surface area contributed by atoms with Crippen LogP contribution in [-0.2, 0) is 10.2 Å². The first-order valence-corrected chi connectivity index (χ1v) is 7.77. The second-order valence-electron chi connectivity index (χ2n) is 5.52. The van der Waals surface area contributed by atoms with Gasteiger partial charge in [0, 0.05) is 17.8 Å². The average molecular weight is 285 g/mol. The maximum absolute atomic E-state index is 12.4. The maximum atomic E-state index is 12.4. The summed E-state index contributed by atoms with van der Waals surface area (Å²) in [5.41, 5.74) is 6.34. The number of nitrogens with two attached hydrogens (primary N) is 1. The summed E-state index contributed by atoms with van der Waals surface area (Å²) in [6.07, 6.45) is 0.732. The Bertz CT molecular complexity index is 504. The quantitative estimate of drug-likeness (QED) is 0.814. The molecule has 19 heavy (non-hydrogen) atoms. The summed E-state index contributed by atoms with van der Waals surface area (Å²) in [5.74, 6) is 0. The third-order valence-electron chi connectivity index (χ3n) is 2.33. The van der Waals surface area contributed by atoms with E-state index in [9.17, 15) is 8.42 Å². The number of nitrogen functional groups attached to an aromatic ring is 1. The van der Waals surface area contributed by atoms with Gasteiger partial charge in [-0.3, -0.25) is 4.31 Å². The van der Waals surface area contributed by atoms with Gasteiger partial charge in [-0.1, -0.05) is 6.92 Å². The first-order valence-electron chi connectivity index (χ1n) is 6.33. The molecule has 0 fully saturated rings. The fourth-order valence-electron chi connectivity index (χ4n) is 1.67. The van der Waals surface area contributed by atoms with Gasteiger partial charge in [0.1, 0.15) is 0 Å². The van der Waals surface area contributed by atoms with Crippen LogP contribution in [0, 0.1) is 0 Å². The van der Waals surface area contributed by atoms with Gasteiger partial charge in [0.25, 0.3) is 0 Å². The molecule has 0 radical (unpaired) electrons. The topological polar surface area (TPSA) is 75.4 Å². The monoisotopic (exact) mass is 285 g/mol. The van der Waals surface area contributed by atoms with Crippen molar-refractivity contribution < 1.29 is 8.42 Å². The van der Waals surface area contributed by atoms with E-state index in [0.29, 0.717) is 17.9 Å². The minimum absolute atomic E-state index is 0.426. The highest BCUT2D eigenvalue weighted by atomic mass is 32.2. The van der Waals surface area contributed by atoms with Crippen molar-refractivity contribution >= 4 is 21.6 Å². The molecule has 0 spiro atoms. The van der Waals surface area contributed by atoms with Crippen molar-refractivity contribution in [2.45, 2.75) is 39.7 Å². The van der Waals surface area contributed by atoms with Crippen LogP contribution in [0.1, 0.15) is 34.1 Å². The van der Waals surface area contributed by atoms with Gasteiger partial charge in [0.15, 0.2) is 0 Å². The van der Waals surface area contributed by atoms with Crippen LogP contribution >= 0.6 is 0 Å². The van der Waals surface area contributed by atoms with Crippen molar-refractivity contribution in [3.63, 3.8) is 0 Å². The molecule has 0 bridgehead atoms. The molecule has 0 saturated carbocycles. The first-order chi connectivity index (χ1) is 8.65. The van der Waals surface area contributed by atoms with E-state index >= 15 is 0 Å². The van der Waals surface area contributed by atoms with Gasteiger partial charge in [-0.2, -0.15) is 13.1 Å². The molecule has 1 rings (SSSR count). The predicted octanol–water partition coefficient (Wildman–Crippen LogP) is 2.12. The van der Waals surface area contributed by atoms with Gasteiger partial charge in [-0.05, 0) is 51.5 Å². The van der Waals surface area contributed by atoms with Gasteiger partial charge < -0.3 is 5.73 Å². The Kier molecular flexibility index (Phi) is 4.81. The van der Waals surface area contributed by atoms with Crippen molar-refractivity contribution in [1.82, 2.24) is 4.72 Å². The zero-order chi connectivity index (χ0) is 14.7. The van der Waals surface area contributed by atoms with E-state index in [2.05, 4.69) is 4.72 Å². The van der Waals surface area contributed by atoms with Crippen molar-refractivity contribution in [3.8, 4) is 0 Å². The molecule has 5 nitrogen and oxygen atoms in total. The third kappa shape index (κ3) is 4.72. The lowest BCUT2D eigenvalue weighted by Crippen LogP contribution is -2.49. The van der Waals surface area contributed by atoms with Crippen LogP contribution < -0.4 is 14.8 Å². The molecule has 1 aromatic rings. The fraction of sp³-hybridized carbons (Fsp3) is 0.538. The lowest BCUT2D eigenvalue weighted by molar-refractivity contribution is 0.488. The molecule has 3 N–H and O–H groups in total. The van der Waals surface area contributed by atoms with Crippen molar-refractivity contribution in [1.29, 1.82) is 0 Å². The van der Waals surface area contributed by atoms with E-state index in [1.165, 1.54) is 4.31 Å². The molecule has 0 aliphatic carbocycles. The van der Waals surface area contributed by atoms with Crippen LogP contribution in [0.5, 0.6) is 0 Å². The Morgan fingerprint density at radius 3 is 2.16 bits per heavy atom. The number of hydrogen-bond acceptors (Lipinski definition) is 3. The highest BCUT2D eigenvalue weighted by molar-refractivity contribution is 7.90. The van der Waals surface area contributed by atoms with Gasteiger partial charge in [0.2, 0.25) is 0 Å². The lowest BCUT2D eigenvalue weighted by Gasteiger charge is -2.29. The maximum Gasteiger partial charge on any atom is 0.302 e. The second kappa shape index (κ2) is 5.79. The largest absolute Gasteiger partial charge is 0.399 e. The number of anilines is 2. The van der Waals surface area contributed by atoms with E-state index in [1.54, 1.807) is 24.3 Å². The highest BCUT2D eigenvalue weighted by Gasteiger charge is 2.26. The third-order valence-corrected chi connectivity index (χ3v) is 4.18. The molecule has 1 aromatic carbocycles. The minimum atomic E-state index is -3.57. The second-order valence-corrected chi connectivity index (χ2v) is 7.12. The lowest BCUT2D eigenvalue weighted by atomic mass is 10.1. The van der Waals surface area contributed by atoms with Crippen LogP contribution in [0.3, 0.4) is 0 Å². The molecule has 0 aromatic heterocycles. The molecular formula is C13H23N3O2S. The Morgan fingerprint density at radius 1 is 1.21 bits per heavy atom. The van der Waals surface area contributed by atoms with E-state index in [1.807, 2.05) is 27.7 Å². The van der Waals surface area contributed by atoms with E-state index in [-0.39, 0.29) is 0 Å². The molecule has 0 saturated heterocycles. The Morgan fingerprint density at radius 2 is 1.74 bits per heavy atom. The number of nitrogens with zero attached hydrogens (tertiary/aromatic N) is 1. The summed E-state index contributed by atoms with van der Waals surface area (Å²) < 4.78 is 28.8. The summed E-state index contributed by atoms with van der Waals surface area (Å²) in [6, 6.07) is 6.83. The molecule has 0 aliphatic heterocycles. The number of nitrogens with one attached hydrogen (secondary N) is 1.